The van der Waals surface area contributed by atoms with Crippen LogP contribution in [0.4, 0.5) is 35.2 Å². The van der Waals surface area contributed by atoms with Crippen molar-refractivity contribution < 1.29 is 60.4 Å². The molecule has 2 N–H and O–H groups in total. The number of ether oxygens (including phenoxy) is 2. The number of rotatable bonds is 11. The minimum Gasteiger partial charge on any atom is -0.442 e. The van der Waals surface area contributed by atoms with Crippen molar-refractivity contribution in [2.45, 2.75) is 25.6 Å². The maximum absolute atomic E-state index is 15.1. The number of halogens is 3. The van der Waals surface area contributed by atoms with Crippen molar-refractivity contribution in [3.05, 3.63) is 60.3 Å². The molecule has 0 aliphatic carbocycles. The Hall–Kier alpha value is -4.18. The number of benzene rings is 1. The molecule has 0 radical (unpaired) electrons. The number of hydrogen-bond donors (Lipinski definition) is 2. The number of phosphoric acid groups is 1. The van der Waals surface area contributed by atoms with Crippen LogP contribution < -0.4 is 14.7 Å². The zero-order chi connectivity index (χ0) is 30.6. The molecule has 42 heavy (non-hydrogen) atoms. The van der Waals surface area contributed by atoms with Gasteiger partial charge in [-0.2, -0.15) is 0 Å². The van der Waals surface area contributed by atoms with Crippen molar-refractivity contribution in [2.24, 2.45) is 0 Å². The minimum absolute atomic E-state index is 0.0172. The quantitative estimate of drug-likeness (QED) is 0.124. The normalized spacial score (nSPS) is 18.1. The van der Waals surface area contributed by atoms with Crippen LogP contribution in [0.2, 0.25) is 0 Å². The van der Waals surface area contributed by atoms with Gasteiger partial charge >= 0.3 is 19.9 Å². The van der Waals surface area contributed by atoms with E-state index < -0.39 is 67.7 Å². The van der Waals surface area contributed by atoms with Gasteiger partial charge < -0.3 is 33.6 Å². The number of carbonyl (C=O) groups is 3. The van der Waals surface area contributed by atoms with Crippen LogP contribution >= 0.6 is 7.82 Å². The third-order valence-corrected chi connectivity index (χ3v) is 6.56. The Morgan fingerprint density at radius 3 is 2.71 bits per heavy atom. The Morgan fingerprint density at radius 2 is 2.07 bits per heavy atom. The van der Waals surface area contributed by atoms with Crippen molar-refractivity contribution in [1.82, 2.24) is 5.16 Å². The lowest BCUT2D eigenvalue weighted by atomic mass is 10.1. The second-order valence-corrected chi connectivity index (χ2v) is 10.2. The number of amides is 1. The number of nitrogens with zero attached hydrogens (tertiary/aromatic N) is 4. The first-order chi connectivity index (χ1) is 19.8. The molecule has 4 rings (SSSR count). The number of aromatic nitrogens is 1. The molecule has 0 spiro atoms. The first-order valence-electron chi connectivity index (χ1n) is 12.2. The van der Waals surface area contributed by atoms with E-state index in [4.69, 9.17) is 23.8 Å². The number of carbonyl (C=O) groups excluding carboxylic acids is 3. The first-order valence-corrected chi connectivity index (χ1v) is 13.7. The fraction of sp³-hybridized carbons (Fsp3) is 0.333. The minimum atomic E-state index is -4.77. The van der Waals surface area contributed by atoms with Crippen LogP contribution in [0.3, 0.4) is 0 Å². The predicted molar refractivity (Wildman–Crippen MR) is 137 cm³/mol. The largest absolute Gasteiger partial charge is 0.470 e. The highest BCUT2D eigenvalue weighted by Crippen LogP contribution is 2.38. The van der Waals surface area contributed by atoms with Gasteiger partial charge in [-0.25, -0.2) is 27.3 Å². The van der Waals surface area contributed by atoms with Crippen LogP contribution in [0, 0.1) is 17.5 Å². The van der Waals surface area contributed by atoms with E-state index in [2.05, 4.69) is 9.68 Å². The summed E-state index contributed by atoms with van der Waals surface area (Å²) < 4.78 is 75.4. The molecule has 2 unspecified atom stereocenters. The number of esters is 1. The summed E-state index contributed by atoms with van der Waals surface area (Å²) in [6, 6.07) is 2.06. The molecule has 2 aromatic rings. The van der Waals surface area contributed by atoms with Crippen molar-refractivity contribution in [1.29, 1.82) is 0 Å². The fourth-order valence-electron chi connectivity index (χ4n) is 4.08. The van der Waals surface area contributed by atoms with Crippen molar-refractivity contribution in [3.8, 4) is 0 Å². The molecule has 0 saturated carbocycles. The lowest BCUT2D eigenvalue weighted by Gasteiger charge is -2.25. The highest BCUT2D eigenvalue weighted by molar-refractivity contribution is 7.46. The van der Waals surface area contributed by atoms with E-state index in [1.165, 1.54) is 24.2 Å². The lowest BCUT2D eigenvalue weighted by Crippen LogP contribution is -2.37. The average molecular weight is 616 g/mol. The second-order valence-electron chi connectivity index (χ2n) is 9.03. The Balaban J connectivity index is 1.44. The number of hydrogen-bond acceptors (Lipinski definition) is 11. The van der Waals surface area contributed by atoms with Crippen LogP contribution in [0.1, 0.15) is 13.3 Å². The molecule has 1 amide bonds. The summed E-state index contributed by atoms with van der Waals surface area (Å²) in [7, 11) is -4.77. The molecule has 2 aliphatic heterocycles. The molecular weight excluding hydrogens is 592 g/mol. The van der Waals surface area contributed by atoms with Crippen molar-refractivity contribution in [2.75, 3.05) is 41.1 Å². The molecule has 3 heterocycles. The third-order valence-electron chi connectivity index (χ3n) is 5.95. The molecular formula is C24H24F3N4O10P. The summed E-state index contributed by atoms with van der Waals surface area (Å²) in [5.41, 5.74) is -1.41. The number of anilines is 3. The zero-order valence-corrected chi connectivity index (χ0v) is 22.7. The van der Waals surface area contributed by atoms with Gasteiger partial charge in [-0.1, -0.05) is 5.16 Å². The highest BCUT2D eigenvalue weighted by atomic mass is 31.2. The predicted octanol–water partition coefficient (Wildman–Crippen LogP) is 2.77. The monoisotopic (exact) mass is 616 g/mol. The van der Waals surface area contributed by atoms with Gasteiger partial charge in [0.25, 0.3) is 0 Å². The summed E-state index contributed by atoms with van der Waals surface area (Å²) >= 11 is 0. The molecule has 226 valence electrons. The molecule has 1 saturated heterocycles. The standard InChI is InChI=1S/C24H24F3N4O10P/c1-14(41-42(35,36)37)2-3-20(33)38-13-30(19-6-9-39-28-19)11-16-12-31(24(34)40-16)18-10-17(25)23(22(27)21(18)26)29-7-4-15(32)5-8-29/h2-4,6-7,9-10,14,16H,5,8,11-13H2,1H3,(H2,35,36,37). The molecule has 1 fully saturated rings. The number of allylic oxidation sites excluding steroid dienone is 1. The molecule has 1 aromatic carbocycles. The highest BCUT2D eigenvalue weighted by Gasteiger charge is 2.37. The van der Waals surface area contributed by atoms with E-state index in [0.29, 0.717) is 11.0 Å². The van der Waals surface area contributed by atoms with Gasteiger partial charge in [0.15, 0.2) is 35.8 Å². The van der Waals surface area contributed by atoms with Crippen LogP contribution in [-0.4, -0.2) is 71.4 Å². The Labute approximate surface area is 235 Å². The first kappa shape index (κ1) is 30.8. The maximum atomic E-state index is 15.1. The van der Waals surface area contributed by atoms with Crippen LogP contribution in [0.5, 0.6) is 0 Å². The molecule has 1 aromatic heterocycles. The summed E-state index contributed by atoms with van der Waals surface area (Å²) in [4.78, 5) is 56.8. The summed E-state index contributed by atoms with van der Waals surface area (Å²) in [5, 5.41) is 3.73. The van der Waals surface area contributed by atoms with Gasteiger partial charge in [-0.05, 0) is 19.1 Å². The Kier molecular flexibility index (Phi) is 9.36. The third kappa shape index (κ3) is 7.55. The van der Waals surface area contributed by atoms with E-state index >= 15 is 4.39 Å². The Bertz CT molecular complexity index is 1450. The topological polar surface area (TPSA) is 172 Å². The summed E-state index contributed by atoms with van der Waals surface area (Å²) in [6.07, 6.45) is 2.18. The van der Waals surface area contributed by atoms with Crippen molar-refractivity contribution in [3.63, 3.8) is 0 Å². The van der Waals surface area contributed by atoms with Crippen LogP contribution in [-0.2, 0) is 28.2 Å². The van der Waals surface area contributed by atoms with Crippen LogP contribution in [0.15, 0.2) is 47.3 Å². The van der Waals surface area contributed by atoms with Crippen molar-refractivity contribution >= 4 is 42.9 Å². The number of phosphoric ester groups is 1. The van der Waals surface area contributed by atoms with Gasteiger partial charge in [-0.3, -0.25) is 14.2 Å². The molecule has 0 bridgehead atoms. The van der Waals surface area contributed by atoms with E-state index in [1.54, 1.807) is 0 Å². The van der Waals surface area contributed by atoms with Gasteiger partial charge in [0, 0.05) is 37.4 Å². The second kappa shape index (κ2) is 12.8. The Morgan fingerprint density at radius 1 is 1.31 bits per heavy atom. The smallest absolute Gasteiger partial charge is 0.442 e. The SMILES string of the molecule is CC(C=CC(=O)OCN(CC1CN(c2cc(F)c(N3C=CC(=O)CC3)c(F)c2F)C(=O)O1)c1ccon1)OP(=O)(O)O. The van der Waals surface area contributed by atoms with Gasteiger partial charge in [0.2, 0.25) is 0 Å². The van der Waals surface area contributed by atoms with E-state index in [-0.39, 0.29) is 37.7 Å². The molecule has 2 atom stereocenters. The van der Waals surface area contributed by atoms with Crippen LogP contribution in [0.25, 0.3) is 0 Å². The molecule has 18 heteroatoms. The lowest BCUT2D eigenvalue weighted by molar-refractivity contribution is -0.137. The van der Waals surface area contributed by atoms with Gasteiger partial charge in [-0.15, -0.1) is 0 Å². The van der Waals surface area contributed by atoms with E-state index in [9.17, 15) is 27.7 Å². The van der Waals surface area contributed by atoms with Gasteiger partial charge in [0.05, 0.1) is 24.9 Å². The molecule has 2 aliphatic rings. The van der Waals surface area contributed by atoms with Gasteiger partial charge in [0.1, 0.15) is 18.1 Å². The molecule has 14 nitrogen and oxygen atoms in total. The number of cyclic esters (lactones) is 1. The summed E-state index contributed by atoms with van der Waals surface area (Å²) in [5.74, 6) is -5.23. The maximum Gasteiger partial charge on any atom is 0.470 e. The zero-order valence-electron chi connectivity index (χ0n) is 21.8. The van der Waals surface area contributed by atoms with E-state index in [1.807, 2.05) is 0 Å². The van der Waals surface area contributed by atoms with E-state index in [0.717, 1.165) is 29.3 Å². The average Bonchev–Trinajstić information content (AvgIpc) is 3.57. The number of ketones is 1. The fourth-order valence-corrected chi connectivity index (χ4v) is 4.58. The summed E-state index contributed by atoms with van der Waals surface area (Å²) in [6.45, 7) is 0.238.